The van der Waals surface area contributed by atoms with Crippen molar-refractivity contribution in [3.63, 3.8) is 0 Å². The first-order valence-corrected chi connectivity index (χ1v) is 11.5. The predicted octanol–water partition coefficient (Wildman–Crippen LogP) is 3.44. The van der Waals surface area contributed by atoms with Crippen LogP contribution in [0.5, 0.6) is 0 Å². The van der Waals surface area contributed by atoms with Crippen molar-refractivity contribution in [2.45, 2.75) is 31.8 Å². The maximum absolute atomic E-state index is 5.75. The molecule has 2 aliphatic heterocycles. The SMILES string of the molecule is CN1CCCN(c2nc(NC3CCN(Cc4ccccc4)CC3)c3occc3n2)CC1. The summed E-state index contributed by atoms with van der Waals surface area (Å²) in [7, 11) is 2.18. The highest BCUT2D eigenvalue weighted by Crippen LogP contribution is 2.27. The van der Waals surface area contributed by atoms with Crippen molar-refractivity contribution in [1.29, 1.82) is 0 Å². The Morgan fingerprint density at radius 3 is 2.65 bits per heavy atom. The van der Waals surface area contributed by atoms with E-state index in [0.717, 1.165) is 87.9 Å². The molecule has 0 spiro atoms. The molecule has 7 nitrogen and oxygen atoms in total. The first-order valence-electron chi connectivity index (χ1n) is 11.5. The number of furan rings is 1. The molecule has 0 unspecified atom stereocenters. The van der Waals surface area contributed by atoms with Crippen LogP contribution >= 0.6 is 0 Å². The normalized spacial score (nSPS) is 19.6. The minimum Gasteiger partial charge on any atom is -0.459 e. The number of likely N-dealkylation sites (tertiary alicyclic amines) is 1. The minimum atomic E-state index is 0.401. The lowest BCUT2D eigenvalue weighted by atomic mass is 10.0. The number of benzene rings is 1. The molecule has 0 radical (unpaired) electrons. The van der Waals surface area contributed by atoms with E-state index < -0.39 is 0 Å². The van der Waals surface area contributed by atoms with E-state index in [-0.39, 0.29) is 0 Å². The van der Waals surface area contributed by atoms with Crippen LogP contribution in [-0.4, -0.2) is 72.1 Å². The van der Waals surface area contributed by atoms with Crippen LogP contribution in [0.1, 0.15) is 24.8 Å². The maximum Gasteiger partial charge on any atom is 0.228 e. The number of fused-ring (bicyclic) bond motifs is 1. The number of piperidine rings is 1. The molecule has 4 heterocycles. The summed E-state index contributed by atoms with van der Waals surface area (Å²) >= 11 is 0. The van der Waals surface area contributed by atoms with Crippen molar-refractivity contribution in [1.82, 2.24) is 19.8 Å². The van der Waals surface area contributed by atoms with Crippen LogP contribution in [0.3, 0.4) is 0 Å². The van der Waals surface area contributed by atoms with E-state index in [0.29, 0.717) is 6.04 Å². The summed E-state index contributed by atoms with van der Waals surface area (Å²) in [5, 5.41) is 3.69. The summed E-state index contributed by atoms with van der Waals surface area (Å²) in [5.74, 6) is 1.65. The van der Waals surface area contributed by atoms with Crippen LogP contribution < -0.4 is 10.2 Å². The predicted molar refractivity (Wildman–Crippen MR) is 124 cm³/mol. The Labute approximate surface area is 184 Å². The first kappa shape index (κ1) is 20.3. The highest BCUT2D eigenvalue weighted by molar-refractivity contribution is 5.84. The number of hydrogen-bond donors (Lipinski definition) is 1. The summed E-state index contributed by atoms with van der Waals surface area (Å²) in [5.41, 5.74) is 3.03. The second-order valence-corrected chi connectivity index (χ2v) is 8.83. The molecule has 5 rings (SSSR count). The average Bonchev–Trinajstić information content (AvgIpc) is 3.17. The Kier molecular flexibility index (Phi) is 6.04. The fourth-order valence-corrected chi connectivity index (χ4v) is 4.61. The highest BCUT2D eigenvalue weighted by atomic mass is 16.3. The fraction of sp³-hybridized carbons (Fsp3) is 0.500. The van der Waals surface area contributed by atoms with Gasteiger partial charge in [0.25, 0.3) is 0 Å². The van der Waals surface area contributed by atoms with Gasteiger partial charge in [-0.15, -0.1) is 0 Å². The molecule has 2 aliphatic rings. The first-order chi connectivity index (χ1) is 15.2. The smallest absolute Gasteiger partial charge is 0.228 e. The Hall–Kier alpha value is -2.64. The van der Waals surface area contributed by atoms with Crippen molar-refractivity contribution in [3.05, 3.63) is 48.2 Å². The Morgan fingerprint density at radius 2 is 1.81 bits per heavy atom. The molecule has 31 heavy (non-hydrogen) atoms. The van der Waals surface area contributed by atoms with E-state index in [4.69, 9.17) is 14.4 Å². The van der Waals surface area contributed by atoms with Crippen molar-refractivity contribution in [3.8, 4) is 0 Å². The summed E-state index contributed by atoms with van der Waals surface area (Å²) in [4.78, 5) is 16.9. The Morgan fingerprint density at radius 1 is 0.968 bits per heavy atom. The molecule has 7 heteroatoms. The van der Waals surface area contributed by atoms with Crippen LogP contribution in [0.4, 0.5) is 11.8 Å². The van der Waals surface area contributed by atoms with Crippen LogP contribution in [0, 0.1) is 0 Å². The minimum absolute atomic E-state index is 0.401. The molecule has 2 fully saturated rings. The van der Waals surface area contributed by atoms with E-state index in [1.165, 1.54) is 5.56 Å². The summed E-state index contributed by atoms with van der Waals surface area (Å²) in [6.07, 6.45) is 5.05. The number of aromatic nitrogens is 2. The molecule has 1 N–H and O–H groups in total. The summed E-state index contributed by atoms with van der Waals surface area (Å²) < 4.78 is 5.75. The Bertz CT molecular complexity index is 982. The van der Waals surface area contributed by atoms with E-state index >= 15 is 0 Å². The van der Waals surface area contributed by atoms with Gasteiger partial charge in [-0.1, -0.05) is 30.3 Å². The zero-order valence-corrected chi connectivity index (χ0v) is 18.3. The zero-order chi connectivity index (χ0) is 21.0. The van der Waals surface area contributed by atoms with E-state index in [1.54, 1.807) is 6.26 Å². The number of anilines is 2. The van der Waals surface area contributed by atoms with Gasteiger partial charge in [0.2, 0.25) is 5.95 Å². The number of nitrogens with one attached hydrogen (secondary N) is 1. The highest BCUT2D eigenvalue weighted by Gasteiger charge is 2.23. The van der Waals surface area contributed by atoms with Gasteiger partial charge in [0.1, 0.15) is 5.52 Å². The molecule has 0 atom stereocenters. The monoisotopic (exact) mass is 420 g/mol. The van der Waals surface area contributed by atoms with Crippen LogP contribution in [-0.2, 0) is 6.54 Å². The molecule has 2 aromatic heterocycles. The van der Waals surface area contributed by atoms with Crippen molar-refractivity contribution >= 4 is 22.9 Å². The third kappa shape index (κ3) is 4.83. The zero-order valence-electron chi connectivity index (χ0n) is 18.3. The number of rotatable bonds is 5. The number of nitrogens with zero attached hydrogens (tertiary/aromatic N) is 5. The summed E-state index contributed by atoms with van der Waals surface area (Å²) in [6, 6.07) is 13.1. The van der Waals surface area contributed by atoms with Gasteiger partial charge in [-0.05, 0) is 38.4 Å². The molecule has 0 bridgehead atoms. The molecule has 2 saturated heterocycles. The lowest BCUT2D eigenvalue weighted by molar-refractivity contribution is 0.211. The molecule has 0 amide bonds. The maximum atomic E-state index is 5.75. The third-order valence-corrected chi connectivity index (χ3v) is 6.47. The molecule has 164 valence electrons. The van der Waals surface area contributed by atoms with Gasteiger partial charge in [0.15, 0.2) is 11.4 Å². The standard InChI is InChI=1S/C24H32N6O/c1-28-11-5-12-30(16-15-28)24-26-21-10-17-31-22(21)23(27-24)25-20-8-13-29(14-9-20)18-19-6-3-2-4-7-19/h2-4,6-7,10,17,20H,5,8-9,11-16,18H2,1H3,(H,25,26,27). The molecule has 3 aromatic rings. The lowest BCUT2D eigenvalue weighted by Gasteiger charge is -2.32. The van der Waals surface area contributed by atoms with Gasteiger partial charge in [0, 0.05) is 51.4 Å². The number of likely N-dealkylation sites (N-methyl/N-ethyl adjacent to an activating group) is 1. The van der Waals surface area contributed by atoms with Gasteiger partial charge in [-0.2, -0.15) is 4.98 Å². The second-order valence-electron chi connectivity index (χ2n) is 8.83. The molecular weight excluding hydrogens is 388 g/mol. The van der Waals surface area contributed by atoms with Crippen LogP contribution in [0.15, 0.2) is 47.1 Å². The quantitative estimate of drug-likeness (QED) is 0.678. The number of hydrogen-bond acceptors (Lipinski definition) is 7. The van der Waals surface area contributed by atoms with E-state index in [1.807, 2.05) is 6.07 Å². The van der Waals surface area contributed by atoms with Crippen molar-refractivity contribution in [2.75, 3.05) is 56.5 Å². The third-order valence-electron chi connectivity index (χ3n) is 6.47. The van der Waals surface area contributed by atoms with Crippen LogP contribution in [0.2, 0.25) is 0 Å². The van der Waals surface area contributed by atoms with Crippen molar-refractivity contribution < 1.29 is 4.42 Å². The molecule has 0 aliphatic carbocycles. The van der Waals surface area contributed by atoms with Gasteiger partial charge in [-0.25, -0.2) is 4.98 Å². The van der Waals surface area contributed by atoms with Crippen LogP contribution in [0.25, 0.3) is 11.1 Å². The van der Waals surface area contributed by atoms with E-state index in [9.17, 15) is 0 Å². The second kappa shape index (κ2) is 9.24. The Balaban J connectivity index is 1.26. The lowest BCUT2D eigenvalue weighted by Crippen LogP contribution is -2.39. The molecule has 0 saturated carbocycles. The van der Waals surface area contributed by atoms with Gasteiger partial charge < -0.3 is 19.5 Å². The fourth-order valence-electron chi connectivity index (χ4n) is 4.61. The average molecular weight is 421 g/mol. The van der Waals surface area contributed by atoms with Crippen molar-refractivity contribution in [2.24, 2.45) is 0 Å². The molecule has 1 aromatic carbocycles. The van der Waals surface area contributed by atoms with Gasteiger partial charge in [-0.3, -0.25) is 4.90 Å². The largest absolute Gasteiger partial charge is 0.459 e. The summed E-state index contributed by atoms with van der Waals surface area (Å²) in [6.45, 7) is 7.31. The van der Waals surface area contributed by atoms with E-state index in [2.05, 4.69) is 57.4 Å². The molecular formula is C24H32N6O. The van der Waals surface area contributed by atoms with Gasteiger partial charge in [0.05, 0.1) is 6.26 Å². The van der Waals surface area contributed by atoms with Gasteiger partial charge >= 0.3 is 0 Å². The topological polar surface area (TPSA) is 60.7 Å².